The lowest BCUT2D eigenvalue weighted by molar-refractivity contribution is 0.0316. The summed E-state index contributed by atoms with van der Waals surface area (Å²) in [6.45, 7) is 3.78. The van der Waals surface area contributed by atoms with E-state index in [1.54, 1.807) is 6.20 Å². The largest absolute Gasteiger partial charge is 0.476 e. The topological polar surface area (TPSA) is 69.6 Å². The second-order valence-electron chi connectivity index (χ2n) is 7.68. The first kappa shape index (κ1) is 17.9. The average molecular weight is 366 g/mol. The molecule has 1 N–H and O–H groups in total. The fourth-order valence-electron chi connectivity index (χ4n) is 4.54. The Hall–Kier alpha value is -2.47. The zero-order chi connectivity index (χ0) is 18.7. The highest BCUT2D eigenvalue weighted by Gasteiger charge is 2.42. The third-order valence-electron chi connectivity index (χ3n) is 5.98. The molecule has 27 heavy (non-hydrogen) atoms. The molecule has 142 valence electrons. The summed E-state index contributed by atoms with van der Waals surface area (Å²) in [5.41, 5.74) is 1.52. The van der Waals surface area contributed by atoms with Gasteiger partial charge in [0.05, 0.1) is 12.4 Å². The van der Waals surface area contributed by atoms with Gasteiger partial charge >= 0.3 is 5.97 Å². The van der Waals surface area contributed by atoms with Crippen LogP contribution in [0.2, 0.25) is 0 Å². The van der Waals surface area contributed by atoms with E-state index in [4.69, 9.17) is 5.11 Å². The van der Waals surface area contributed by atoms with Gasteiger partial charge in [-0.05, 0) is 18.4 Å². The molecule has 0 radical (unpaired) electrons. The lowest BCUT2D eigenvalue weighted by Crippen LogP contribution is -2.62. The molecule has 0 atom stereocenters. The summed E-state index contributed by atoms with van der Waals surface area (Å²) in [6, 6.07) is 10.7. The van der Waals surface area contributed by atoms with E-state index in [9.17, 15) is 4.79 Å². The number of rotatable bonds is 4. The molecule has 1 aliphatic heterocycles. The number of carboxylic acid groups (broad SMARTS) is 1. The van der Waals surface area contributed by atoms with Gasteiger partial charge in [-0.2, -0.15) is 0 Å². The Morgan fingerprint density at radius 3 is 2.48 bits per heavy atom. The van der Waals surface area contributed by atoms with Crippen LogP contribution in [0, 0.1) is 0 Å². The molecule has 2 aliphatic rings. The maximum absolute atomic E-state index is 11.0. The third-order valence-corrected chi connectivity index (χ3v) is 5.98. The maximum atomic E-state index is 11.0. The fraction of sp³-hybridized carbons (Fsp3) is 0.476. The highest BCUT2D eigenvalue weighted by Crippen LogP contribution is 2.38. The zero-order valence-electron chi connectivity index (χ0n) is 15.5. The zero-order valence-corrected chi connectivity index (χ0v) is 15.5. The molecule has 1 aromatic heterocycles. The van der Waals surface area contributed by atoms with Crippen molar-refractivity contribution in [3.63, 3.8) is 0 Å². The minimum Gasteiger partial charge on any atom is -0.476 e. The molecule has 1 aromatic carbocycles. The minimum absolute atomic E-state index is 0.00570. The van der Waals surface area contributed by atoms with Crippen LogP contribution in [0.25, 0.3) is 0 Å². The van der Waals surface area contributed by atoms with Gasteiger partial charge in [-0.15, -0.1) is 0 Å². The number of aromatic nitrogens is 2. The van der Waals surface area contributed by atoms with Crippen LogP contribution in [-0.2, 0) is 6.54 Å². The van der Waals surface area contributed by atoms with Gasteiger partial charge in [0.25, 0.3) is 0 Å². The summed E-state index contributed by atoms with van der Waals surface area (Å²) in [4.78, 5) is 24.4. The molecule has 6 heteroatoms. The van der Waals surface area contributed by atoms with E-state index in [-0.39, 0.29) is 11.2 Å². The highest BCUT2D eigenvalue weighted by molar-refractivity contribution is 5.84. The predicted octanol–water partition coefficient (Wildman–Crippen LogP) is 3.20. The Morgan fingerprint density at radius 1 is 1.04 bits per heavy atom. The first-order chi connectivity index (χ1) is 13.2. The number of aromatic carboxylic acids is 1. The normalized spacial score (nSPS) is 19.9. The Labute approximate surface area is 159 Å². The van der Waals surface area contributed by atoms with Gasteiger partial charge < -0.3 is 10.0 Å². The lowest BCUT2D eigenvalue weighted by Gasteiger charge is -2.53. The first-order valence-corrected chi connectivity index (χ1v) is 9.76. The SMILES string of the molecule is O=C(O)c1cnc(N2CCN(Cc3ccccc3)C3(CCCCC3)C2)cn1. The summed E-state index contributed by atoms with van der Waals surface area (Å²) in [6.07, 6.45) is 9.22. The molecule has 2 aromatic rings. The second-order valence-corrected chi connectivity index (χ2v) is 7.68. The van der Waals surface area contributed by atoms with Crippen molar-refractivity contribution in [1.82, 2.24) is 14.9 Å². The molecule has 2 fully saturated rings. The van der Waals surface area contributed by atoms with E-state index in [1.807, 2.05) is 0 Å². The van der Waals surface area contributed by atoms with E-state index in [0.717, 1.165) is 32.0 Å². The number of carboxylic acids is 1. The van der Waals surface area contributed by atoms with Crippen molar-refractivity contribution in [2.24, 2.45) is 0 Å². The van der Waals surface area contributed by atoms with Crippen molar-refractivity contribution >= 4 is 11.8 Å². The van der Waals surface area contributed by atoms with E-state index in [2.05, 4.69) is 50.1 Å². The van der Waals surface area contributed by atoms with Gasteiger partial charge in [-0.25, -0.2) is 14.8 Å². The van der Waals surface area contributed by atoms with E-state index >= 15 is 0 Å². The Bertz CT molecular complexity index is 773. The summed E-state index contributed by atoms with van der Waals surface area (Å²) in [5.74, 6) is -0.255. The Kier molecular flexibility index (Phi) is 5.07. The predicted molar refractivity (Wildman–Crippen MR) is 104 cm³/mol. The molecule has 1 aliphatic carbocycles. The molecule has 4 rings (SSSR count). The molecule has 0 bridgehead atoms. The number of piperazine rings is 1. The summed E-state index contributed by atoms with van der Waals surface area (Å²) >= 11 is 0. The average Bonchev–Trinajstić information content (AvgIpc) is 2.71. The number of carbonyl (C=O) groups is 1. The molecule has 6 nitrogen and oxygen atoms in total. The first-order valence-electron chi connectivity index (χ1n) is 9.76. The summed E-state index contributed by atoms with van der Waals surface area (Å²) in [5, 5.41) is 9.04. The van der Waals surface area contributed by atoms with Crippen LogP contribution in [0.15, 0.2) is 42.7 Å². The minimum atomic E-state index is -1.04. The number of hydrogen-bond acceptors (Lipinski definition) is 5. The van der Waals surface area contributed by atoms with E-state index in [0.29, 0.717) is 0 Å². The van der Waals surface area contributed by atoms with Gasteiger partial charge in [0.2, 0.25) is 0 Å². The summed E-state index contributed by atoms with van der Waals surface area (Å²) in [7, 11) is 0. The van der Waals surface area contributed by atoms with Gasteiger partial charge in [-0.3, -0.25) is 4.90 Å². The van der Waals surface area contributed by atoms with Crippen molar-refractivity contribution < 1.29 is 9.90 Å². The molecular weight excluding hydrogens is 340 g/mol. The van der Waals surface area contributed by atoms with Crippen molar-refractivity contribution in [1.29, 1.82) is 0 Å². The molecule has 1 spiro atoms. The maximum Gasteiger partial charge on any atom is 0.356 e. The van der Waals surface area contributed by atoms with Gasteiger partial charge in [-0.1, -0.05) is 49.6 Å². The second kappa shape index (κ2) is 7.64. The molecule has 0 amide bonds. The van der Waals surface area contributed by atoms with Gasteiger partial charge in [0.15, 0.2) is 5.69 Å². The van der Waals surface area contributed by atoms with Crippen molar-refractivity contribution in [3.05, 3.63) is 54.0 Å². The van der Waals surface area contributed by atoms with E-state index < -0.39 is 5.97 Å². The van der Waals surface area contributed by atoms with Crippen LogP contribution in [0.5, 0.6) is 0 Å². The van der Waals surface area contributed by atoms with Gasteiger partial charge in [0, 0.05) is 31.7 Å². The summed E-state index contributed by atoms with van der Waals surface area (Å²) < 4.78 is 0. The smallest absolute Gasteiger partial charge is 0.356 e. The quantitative estimate of drug-likeness (QED) is 0.896. The Morgan fingerprint density at radius 2 is 1.81 bits per heavy atom. The van der Waals surface area contributed by atoms with Crippen molar-refractivity contribution in [2.75, 3.05) is 24.5 Å². The van der Waals surface area contributed by atoms with E-state index in [1.165, 1.54) is 43.9 Å². The lowest BCUT2D eigenvalue weighted by atomic mass is 9.78. The highest BCUT2D eigenvalue weighted by atomic mass is 16.4. The number of nitrogens with zero attached hydrogens (tertiary/aromatic N) is 4. The van der Waals surface area contributed by atoms with Crippen molar-refractivity contribution in [3.8, 4) is 0 Å². The fourth-order valence-corrected chi connectivity index (χ4v) is 4.54. The van der Waals surface area contributed by atoms with Crippen LogP contribution in [0.3, 0.4) is 0 Å². The van der Waals surface area contributed by atoms with Crippen LogP contribution >= 0.6 is 0 Å². The molecule has 1 saturated carbocycles. The van der Waals surface area contributed by atoms with Crippen LogP contribution < -0.4 is 4.90 Å². The Balaban J connectivity index is 1.54. The molecular formula is C21H26N4O2. The van der Waals surface area contributed by atoms with Crippen LogP contribution in [0.1, 0.15) is 48.2 Å². The number of anilines is 1. The van der Waals surface area contributed by atoms with Crippen molar-refractivity contribution in [2.45, 2.75) is 44.2 Å². The van der Waals surface area contributed by atoms with Gasteiger partial charge in [0.1, 0.15) is 5.82 Å². The molecule has 2 heterocycles. The molecule has 0 unspecified atom stereocenters. The van der Waals surface area contributed by atoms with Crippen LogP contribution in [0.4, 0.5) is 5.82 Å². The van der Waals surface area contributed by atoms with Crippen LogP contribution in [-0.4, -0.2) is 51.1 Å². The monoisotopic (exact) mass is 366 g/mol. The third kappa shape index (κ3) is 3.81. The standard InChI is InChI=1S/C21H26N4O2/c26-20(27)18-13-23-19(14-22-18)24-11-12-25(15-17-7-3-1-4-8-17)21(16-24)9-5-2-6-10-21/h1,3-4,7-8,13-14H,2,5-6,9-12,15-16H2,(H,26,27). The molecule has 1 saturated heterocycles. The number of hydrogen-bond donors (Lipinski definition) is 1. The number of benzene rings is 1.